The molecule has 0 saturated heterocycles. The summed E-state index contributed by atoms with van der Waals surface area (Å²) in [6, 6.07) is 14.0. The molecule has 0 amide bonds. The minimum absolute atomic E-state index is 0.443. The molecule has 1 unspecified atom stereocenters. The standard InChI is InChI=1S/C16H17NO2S/c1-18-12-6-7-14(17)15(9-12)19-10-13-8-11-4-2-3-5-16(11)20-13/h2-7,9,13H,8,10,17H2,1H3. The van der Waals surface area contributed by atoms with Gasteiger partial charge in [0.15, 0.2) is 0 Å². The summed E-state index contributed by atoms with van der Waals surface area (Å²) in [4.78, 5) is 1.36. The smallest absolute Gasteiger partial charge is 0.145 e. The minimum atomic E-state index is 0.443. The van der Waals surface area contributed by atoms with Crippen molar-refractivity contribution in [2.45, 2.75) is 16.6 Å². The molecule has 0 saturated carbocycles. The number of methoxy groups -OCH3 is 1. The number of ether oxygens (including phenoxy) is 2. The maximum absolute atomic E-state index is 5.93. The number of hydrogen-bond acceptors (Lipinski definition) is 4. The van der Waals surface area contributed by atoms with Gasteiger partial charge < -0.3 is 15.2 Å². The van der Waals surface area contributed by atoms with E-state index in [1.165, 1.54) is 10.5 Å². The van der Waals surface area contributed by atoms with E-state index >= 15 is 0 Å². The summed E-state index contributed by atoms with van der Waals surface area (Å²) in [5.41, 5.74) is 7.98. The molecule has 0 spiro atoms. The van der Waals surface area contributed by atoms with E-state index in [-0.39, 0.29) is 0 Å². The summed E-state index contributed by atoms with van der Waals surface area (Å²) in [5.74, 6) is 1.46. The SMILES string of the molecule is COc1ccc(N)c(OCC2Cc3ccccc3S2)c1. The quantitative estimate of drug-likeness (QED) is 0.876. The molecule has 0 aliphatic carbocycles. The zero-order chi connectivity index (χ0) is 13.9. The first-order valence-corrected chi connectivity index (χ1v) is 7.45. The zero-order valence-corrected chi connectivity index (χ0v) is 12.2. The zero-order valence-electron chi connectivity index (χ0n) is 11.3. The monoisotopic (exact) mass is 287 g/mol. The van der Waals surface area contributed by atoms with Crippen molar-refractivity contribution in [2.24, 2.45) is 0 Å². The largest absolute Gasteiger partial charge is 0.497 e. The van der Waals surface area contributed by atoms with Crippen LogP contribution in [-0.4, -0.2) is 19.0 Å². The summed E-state index contributed by atoms with van der Waals surface area (Å²) >= 11 is 1.87. The highest BCUT2D eigenvalue weighted by atomic mass is 32.2. The second-order valence-electron chi connectivity index (χ2n) is 4.77. The van der Waals surface area contributed by atoms with Crippen molar-refractivity contribution >= 4 is 17.4 Å². The predicted molar refractivity (Wildman–Crippen MR) is 82.7 cm³/mol. The molecule has 104 valence electrons. The highest BCUT2D eigenvalue weighted by Crippen LogP contribution is 2.37. The third-order valence-corrected chi connectivity index (χ3v) is 4.65. The van der Waals surface area contributed by atoms with Crippen LogP contribution < -0.4 is 15.2 Å². The number of thioether (sulfide) groups is 1. The maximum Gasteiger partial charge on any atom is 0.145 e. The number of hydrogen-bond donors (Lipinski definition) is 1. The van der Waals surface area contributed by atoms with E-state index < -0.39 is 0 Å². The molecule has 3 nitrogen and oxygen atoms in total. The average Bonchev–Trinajstić information content (AvgIpc) is 2.89. The number of nitrogens with two attached hydrogens (primary N) is 1. The molecule has 1 atom stereocenters. The lowest BCUT2D eigenvalue weighted by Gasteiger charge is -2.13. The Morgan fingerprint density at radius 2 is 2.10 bits per heavy atom. The van der Waals surface area contributed by atoms with Crippen LogP contribution in [0.1, 0.15) is 5.56 Å². The molecule has 1 aliphatic rings. The lowest BCUT2D eigenvalue weighted by atomic mass is 10.1. The summed E-state index contributed by atoms with van der Waals surface area (Å²) in [5, 5.41) is 0.443. The van der Waals surface area contributed by atoms with E-state index in [1.807, 2.05) is 30.0 Å². The van der Waals surface area contributed by atoms with Gasteiger partial charge in [-0.25, -0.2) is 0 Å². The molecule has 2 aromatic rings. The second kappa shape index (κ2) is 5.67. The number of nitrogen functional groups attached to an aromatic ring is 1. The highest BCUT2D eigenvalue weighted by molar-refractivity contribution is 8.00. The third-order valence-electron chi connectivity index (χ3n) is 3.36. The molecule has 0 aromatic heterocycles. The molecule has 3 rings (SSSR count). The van der Waals surface area contributed by atoms with Gasteiger partial charge in [-0.3, -0.25) is 0 Å². The molecule has 1 heterocycles. The number of benzene rings is 2. The molecule has 0 radical (unpaired) electrons. The van der Waals surface area contributed by atoms with Gasteiger partial charge in [0, 0.05) is 16.2 Å². The van der Waals surface area contributed by atoms with Gasteiger partial charge in [-0.1, -0.05) is 18.2 Å². The summed E-state index contributed by atoms with van der Waals surface area (Å²) in [6.45, 7) is 0.650. The van der Waals surface area contributed by atoms with Gasteiger partial charge in [0.05, 0.1) is 12.8 Å². The van der Waals surface area contributed by atoms with Crippen molar-refractivity contribution in [3.05, 3.63) is 48.0 Å². The molecule has 4 heteroatoms. The fourth-order valence-electron chi connectivity index (χ4n) is 2.30. The second-order valence-corrected chi connectivity index (χ2v) is 6.11. The van der Waals surface area contributed by atoms with Crippen LogP contribution in [0.2, 0.25) is 0 Å². The lowest BCUT2D eigenvalue weighted by Crippen LogP contribution is -2.14. The van der Waals surface area contributed by atoms with Crippen LogP contribution in [0.4, 0.5) is 5.69 Å². The topological polar surface area (TPSA) is 44.5 Å². The summed E-state index contributed by atoms with van der Waals surface area (Å²) < 4.78 is 11.1. The third kappa shape index (κ3) is 2.70. The van der Waals surface area contributed by atoms with Gasteiger partial charge in [-0.05, 0) is 30.2 Å². The molecule has 0 fully saturated rings. The van der Waals surface area contributed by atoms with Crippen molar-refractivity contribution in [3.63, 3.8) is 0 Å². The van der Waals surface area contributed by atoms with Crippen molar-refractivity contribution in [1.82, 2.24) is 0 Å². The van der Waals surface area contributed by atoms with E-state index in [4.69, 9.17) is 15.2 Å². The van der Waals surface area contributed by atoms with Crippen LogP contribution in [-0.2, 0) is 6.42 Å². The predicted octanol–water partition coefficient (Wildman–Crippen LogP) is 3.37. The molecular weight excluding hydrogens is 270 g/mol. The Morgan fingerprint density at radius 1 is 1.25 bits per heavy atom. The molecule has 2 aromatic carbocycles. The van der Waals surface area contributed by atoms with Crippen LogP contribution in [0.5, 0.6) is 11.5 Å². The Labute approximate surface area is 123 Å². The Bertz CT molecular complexity index is 590. The first-order chi connectivity index (χ1) is 9.76. The van der Waals surface area contributed by atoms with Gasteiger partial charge in [0.25, 0.3) is 0 Å². The van der Waals surface area contributed by atoms with E-state index in [1.54, 1.807) is 7.11 Å². The van der Waals surface area contributed by atoms with Gasteiger partial charge >= 0.3 is 0 Å². The first kappa shape index (κ1) is 13.2. The van der Waals surface area contributed by atoms with E-state index in [9.17, 15) is 0 Å². The lowest BCUT2D eigenvalue weighted by molar-refractivity contribution is 0.316. The molecule has 20 heavy (non-hydrogen) atoms. The van der Waals surface area contributed by atoms with E-state index in [2.05, 4.69) is 24.3 Å². The number of fused-ring (bicyclic) bond motifs is 1. The fraction of sp³-hybridized carbons (Fsp3) is 0.250. The Hall–Kier alpha value is -1.81. The Balaban J connectivity index is 1.64. The molecule has 1 aliphatic heterocycles. The van der Waals surface area contributed by atoms with Crippen LogP contribution in [0, 0.1) is 0 Å². The summed E-state index contributed by atoms with van der Waals surface area (Å²) in [7, 11) is 1.64. The average molecular weight is 287 g/mol. The normalized spacial score (nSPS) is 16.8. The number of rotatable bonds is 4. The van der Waals surface area contributed by atoms with Crippen molar-refractivity contribution in [3.8, 4) is 11.5 Å². The van der Waals surface area contributed by atoms with Crippen molar-refractivity contribution in [2.75, 3.05) is 19.5 Å². The molecule has 2 N–H and O–H groups in total. The highest BCUT2D eigenvalue weighted by Gasteiger charge is 2.22. The minimum Gasteiger partial charge on any atom is -0.497 e. The molecular formula is C16H17NO2S. The Morgan fingerprint density at radius 3 is 2.90 bits per heavy atom. The fourth-order valence-corrected chi connectivity index (χ4v) is 3.51. The maximum atomic E-state index is 5.93. The van der Waals surface area contributed by atoms with Crippen LogP contribution in [0.15, 0.2) is 47.4 Å². The van der Waals surface area contributed by atoms with Crippen molar-refractivity contribution in [1.29, 1.82) is 0 Å². The van der Waals surface area contributed by atoms with E-state index in [0.29, 0.717) is 23.3 Å². The van der Waals surface area contributed by atoms with Crippen molar-refractivity contribution < 1.29 is 9.47 Å². The molecule has 0 bridgehead atoms. The first-order valence-electron chi connectivity index (χ1n) is 6.57. The van der Waals surface area contributed by atoms with Crippen LogP contribution >= 0.6 is 11.8 Å². The van der Waals surface area contributed by atoms with Crippen LogP contribution in [0.25, 0.3) is 0 Å². The van der Waals surface area contributed by atoms with Crippen LogP contribution in [0.3, 0.4) is 0 Å². The Kier molecular flexibility index (Phi) is 3.74. The van der Waals surface area contributed by atoms with Gasteiger partial charge in [-0.15, -0.1) is 11.8 Å². The van der Waals surface area contributed by atoms with Gasteiger partial charge in [0.2, 0.25) is 0 Å². The number of anilines is 1. The summed E-state index contributed by atoms with van der Waals surface area (Å²) in [6.07, 6.45) is 1.05. The van der Waals surface area contributed by atoms with E-state index in [0.717, 1.165) is 12.2 Å². The van der Waals surface area contributed by atoms with Gasteiger partial charge in [0.1, 0.15) is 18.1 Å². The van der Waals surface area contributed by atoms with Gasteiger partial charge in [-0.2, -0.15) is 0 Å².